The lowest BCUT2D eigenvalue weighted by Gasteiger charge is -2.48. The number of phenolic OH excluding ortho intramolecular Hbond substituents is 3. The molecule has 0 saturated carbocycles. The molecule has 0 spiro atoms. The number of alkyl halides is 3. The number of hydrogen-bond acceptors (Lipinski definition) is 28. The van der Waals surface area contributed by atoms with Gasteiger partial charge in [0.25, 0.3) is 11.8 Å². The highest BCUT2D eigenvalue weighted by Crippen LogP contribution is 2.50. The van der Waals surface area contributed by atoms with E-state index >= 15 is 24.0 Å². The normalized spacial score (nSPS) is 26.0. The first-order chi connectivity index (χ1) is 59.6. The number of nitrogens with two attached hydrogens (primary N) is 1. The van der Waals surface area contributed by atoms with E-state index < -0.39 is 260 Å². The Hall–Kier alpha value is -11.7. The van der Waals surface area contributed by atoms with Crippen LogP contribution in [-0.2, 0) is 59.1 Å². The molecule has 2 fully saturated rings. The van der Waals surface area contributed by atoms with E-state index in [4.69, 9.17) is 57.4 Å². The van der Waals surface area contributed by atoms with Crippen LogP contribution in [-0.4, -0.2) is 217 Å². The van der Waals surface area contributed by atoms with Gasteiger partial charge in [-0.3, -0.25) is 53.5 Å². The predicted molar refractivity (Wildman–Crippen MR) is 438 cm³/mol. The van der Waals surface area contributed by atoms with Crippen molar-refractivity contribution >= 4 is 82.1 Å². The quantitative estimate of drug-likeness (QED) is 0.0452. The van der Waals surface area contributed by atoms with Gasteiger partial charge in [0.2, 0.25) is 53.4 Å². The Bertz CT molecular complexity index is 5300. The van der Waals surface area contributed by atoms with Crippen LogP contribution >= 0.6 is 23.2 Å². The summed E-state index contributed by atoms with van der Waals surface area (Å²) in [6, 6.07) is 10.4. The number of rotatable bonds is 21. The lowest BCUT2D eigenvalue weighted by atomic mass is 9.84. The molecular weight excluding hydrogens is 1700 g/mol. The number of hydrazine groups is 1. The molecule has 2 saturated heterocycles. The molecule has 11 bridgehead atoms. The monoisotopic (exact) mass is 1800 g/mol. The van der Waals surface area contributed by atoms with Gasteiger partial charge in [-0.15, -0.1) is 13.2 Å². The van der Waals surface area contributed by atoms with Crippen molar-refractivity contribution in [3.8, 4) is 62.9 Å². The summed E-state index contributed by atoms with van der Waals surface area (Å²) in [6.45, 7) is 7.39. The Labute approximate surface area is 726 Å². The molecule has 14 rings (SSSR count). The van der Waals surface area contributed by atoms with Gasteiger partial charge in [-0.1, -0.05) is 74.3 Å². The summed E-state index contributed by atoms with van der Waals surface area (Å²) in [5.74, 6) is -16.5. The van der Waals surface area contributed by atoms with E-state index in [1.54, 1.807) is 57.1 Å². The molecule has 37 nitrogen and oxygen atoms in total. The van der Waals surface area contributed by atoms with Crippen LogP contribution in [0.2, 0.25) is 10.0 Å². The zero-order valence-corrected chi connectivity index (χ0v) is 69.7. The zero-order chi connectivity index (χ0) is 91.4. The SMILES string of the molecule is CCNNC(=O)[C@@H]1NC(=O)[C@H]2NC(=O)[C@H](NC(=O)[C@@H]3NC(=O)[C@H](CC(N)=O)NC(=O)[C@H](NC(=O)[C@@H](CC(C)C)N(C)C)[C@H](O)c4ccc(c(Cl)c4)Oc4cc3cc(c4OC3O[C@H](CO)[C@@H](O)[C@H](O)[C@H]3O[C@H]3C[C@@](C)(NCc4cccc(NC(=O)c5ccc(OC(F)(F)F)cc5)c4)[C@H](O)[C@H](C)O3)Oc3ccc(cc3Cl)[C@H]2O)c2ccc(O)c(c2)-c2c(O)cc(O)cc21. The highest BCUT2D eigenvalue weighted by molar-refractivity contribution is 6.32. The molecule has 42 heteroatoms. The number of aromatic hydroxyl groups is 3. The molecule has 9 amide bonds. The number of likely N-dealkylation sites (N-methyl/N-ethyl adjacent to an activating group) is 1. The van der Waals surface area contributed by atoms with Gasteiger partial charge in [0.15, 0.2) is 23.9 Å². The van der Waals surface area contributed by atoms with Gasteiger partial charge >= 0.3 is 6.36 Å². The number of aliphatic hydroxyl groups is 6. The topological polar surface area (TPSA) is 550 Å². The molecular formula is C84H93Cl2F3N12O25. The summed E-state index contributed by atoms with van der Waals surface area (Å²) in [6.07, 6.45) is -24.6. The van der Waals surface area contributed by atoms with Gasteiger partial charge in [0.1, 0.15) is 101 Å². The highest BCUT2D eigenvalue weighted by atomic mass is 35.5. The summed E-state index contributed by atoms with van der Waals surface area (Å²) in [4.78, 5) is 135. The van der Waals surface area contributed by atoms with Gasteiger partial charge < -0.3 is 127 Å². The van der Waals surface area contributed by atoms with Crippen LogP contribution in [0.1, 0.15) is 128 Å². The zero-order valence-electron chi connectivity index (χ0n) is 68.2. The third-order valence-corrected chi connectivity index (χ3v) is 22.2. The maximum absolute atomic E-state index is 16.4. The van der Waals surface area contributed by atoms with Crippen LogP contribution in [0.4, 0.5) is 18.9 Å². The standard InChI is InChI=1S/C84H93Cl2F3N12O25/c1-8-92-100-81(119)64-47-29-44(103)30-53(105)61(47)46-24-39(14-19-52(46)104)62-77(115)99-66(80(118)97-64)68(108)41-16-21-55(49(86)26-41)122-57-28-42-27-56(121-54-20-15-40(25-48(54)85)67(107)65(98-76(114)51(101(6)7)22-35(2)3)79(117)94-50(31-59(90)106)75(113)95-63(42)78(116)96-62)71(57)125-82-72(70(110)69(109)58(34-102)123-82)124-60-32-83(5,73(111)36(4)120-60)91-33-37-10-9-11-43(23-37)93-74(112)38-12-17-45(18-13-38)126-84(87,88)89/h9-21,23-30,35-36,50-51,58,60,62-70,72-73,82,91-92,102-105,107-111H,8,22,31-34H2,1-7H3,(H2,90,106)(H,93,112)(H,94,117)(H,95,113)(H,96,116)(H,97,118)(H,98,114)(H,99,115)(H,100,119)/t36-,50-,51+,58+,60-,62+,63+,64+,65+,66-,67+,68+,69+,70-,72+,73+,82?,83+/m0/s1. The van der Waals surface area contributed by atoms with Gasteiger partial charge in [-0.2, -0.15) is 0 Å². The van der Waals surface area contributed by atoms with Gasteiger partial charge in [-0.05, 0) is 165 Å². The third kappa shape index (κ3) is 21.3. The number of nitrogens with zero attached hydrogens (tertiary/aromatic N) is 1. The van der Waals surface area contributed by atoms with Crippen LogP contribution in [0.15, 0.2) is 127 Å². The number of aliphatic hydroxyl groups excluding tert-OH is 6. The van der Waals surface area contributed by atoms with Crippen LogP contribution in [0.5, 0.6) is 51.7 Å². The Kier molecular flexibility index (Phi) is 28.9. The number of hydrogen-bond donors (Lipinski definition) is 20. The molecule has 1 unspecified atom stereocenters. The van der Waals surface area contributed by atoms with E-state index in [0.717, 1.165) is 91.0 Å². The molecule has 674 valence electrons. The molecule has 21 N–H and O–H groups in total. The molecule has 7 aliphatic rings. The average Bonchev–Trinajstić information content (AvgIpc) is 0.764. The van der Waals surface area contributed by atoms with Crippen LogP contribution in [0.3, 0.4) is 0 Å². The molecule has 18 atom stereocenters. The first-order valence-electron chi connectivity index (χ1n) is 39.6. The molecule has 7 heterocycles. The summed E-state index contributed by atoms with van der Waals surface area (Å²) in [7, 11) is 3.18. The number of carbonyl (C=O) groups is 9. The minimum Gasteiger partial charge on any atom is -0.508 e. The van der Waals surface area contributed by atoms with E-state index in [2.05, 4.69) is 58.1 Å². The van der Waals surface area contributed by atoms with Crippen molar-refractivity contribution in [2.75, 3.05) is 32.6 Å². The van der Waals surface area contributed by atoms with Crippen molar-refractivity contribution in [3.05, 3.63) is 176 Å². The van der Waals surface area contributed by atoms with Gasteiger partial charge in [0.05, 0.1) is 41.3 Å². The number of phenols is 3. The summed E-state index contributed by atoms with van der Waals surface area (Å²) in [5.41, 5.74) is 7.59. The Morgan fingerprint density at radius 3 is 1.96 bits per heavy atom. The van der Waals surface area contributed by atoms with Gasteiger partial charge in [-0.25, -0.2) is 5.43 Å². The number of halogens is 5. The number of fused-ring (bicyclic) bond motifs is 15. The fraction of sp³-hybridized carbons (Fsp3) is 0.393. The van der Waals surface area contributed by atoms with Crippen molar-refractivity contribution in [2.24, 2.45) is 11.7 Å². The van der Waals surface area contributed by atoms with E-state index in [-0.39, 0.29) is 65.5 Å². The molecule has 7 aliphatic heterocycles. The van der Waals surface area contributed by atoms with Crippen LogP contribution in [0, 0.1) is 5.92 Å². The summed E-state index contributed by atoms with van der Waals surface area (Å²) >= 11 is 14.4. The van der Waals surface area contributed by atoms with Crippen molar-refractivity contribution in [2.45, 2.75) is 176 Å². The number of primary amides is 1. The molecule has 0 radical (unpaired) electrons. The lowest BCUT2D eigenvalue weighted by Crippen LogP contribution is -2.65. The van der Waals surface area contributed by atoms with Crippen molar-refractivity contribution < 1.29 is 135 Å². The average molecular weight is 1800 g/mol. The second-order valence-electron chi connectivity index (χ2n) is 31.5. The number of benzene rings is 7. The second-order valence-corrected chi connectivity index (χ2v) is 32.3. The third-order valence-electron chi connectivity index (χ3n) is 21.6. The van der Waals surface area contributed by atoms with Gasteiger partial charge in [0, 0.05) is 53.5 Å². The van der Waals surface area contributed by atoms with E-state index in [9.17, 15) is 78.3 Å². The number of anilines is 1. The molecule has 0 aliphatic carbocycles. The summed E-state index contributed by atoms with van der Waals surface area (Å²) in [5, 5.41) is 127. The smallest absolute Gasteiger partial charge is 0.508 e. The van der Waals surface area contributed by atoms with Crippen molar-refractivity contribution in [1.82, 2.24) is 53.0 Å². The molecule has 0 aromatic heterocycles. The fourth-order valence-corrected chi connectivity index (χ4v) is 15.6. The number of nitrogens with one attached hydrogen (secondary N) is 10. The first kappa shape index (κ1) is 93.4. The number of carbonyl (C=O) groups excluding carboxylic acids is 9. The number of ether oxygens (including phenoxy) is 7. The van der Waals surface area contributed by atoms with E-state index in [0.29, 0.717) is 5.56 Å². The lowest BCUT2D eigenvalue weighted by molar-refractivity contribution is -0.334. The Morgan fingerprint density at radius 1 is 0.706 bits per heavy atom. The van der Waals surface area contributed by atoms with Crippen molar-refractivity contribution in [1.29, 1.82) is 0 Å². The maximum Gasteiger partial charge on any atom is 0.573 e. The highest BCUT2D eigenvalue weighted by Gasteiger charge is 2.53. The Morgan fingerprint density at radius 2 is 1.34 bits per heavy atom. The maximum atomic E-state index is 16.4. The first-order valence-corrected chi connectivity index (χ1v) is 40.3. The number of amides is 9. The molecule has 7 aromatic carbocycles. The fourth-order valence-electron chi connectivity index (χ4n) is 15.1. The van der Waals surface area contributed by atoms with E-state index in [1.807, 2.05) is 13.8 Å². The molecule has 126 heavy (non-hydrogen) atoms. The predicted octanol–water partition coefficient (Wildman–Crippen LogP) is 3.99. The van der Waals surface area contributed by atoms with Crippen molar-refractivity contribution in [3.63, 3.8) is 0 Å². The second kappa shape index (κ2) is 39.0. The van der Waals surface area contributed by atoms with Crippen LogP contribution < -0.4 is 78.1 Å². The van der Waals surface area contributed by atoms with Crippen LogP contribution in [0.25, 0.3) is 11.1 Å². The minimum absolute atomic E-state index is 0.00833. The Balaban J connectivity index is 1.01. The minimum atomic E-state index is -4.97. The summed E-state index contributed by atoms with van der Waals surface area (Å²) < 4.78 is 82.1. The van der Waals surface area contributed by atoms with E-state index in [1.165, 1.54) is 19.1 Å². The molecule has 7 aromatic rings. The largest absolute Gasteiger partial charge is 0.573 e.